The Hall–Kier alpha value is -1.60. The number of piperidine rings is 1. The minimum atomic E-state index is 0.146. The van der Waals surface area contributed by atoms with Crippen molar-refractivity contribution in [2.24, 2.45) is 0 Å². The molecule has 1 aromatic heterocycles. The molecule has 0 spiro atoms. The van der Waals surface area contributed by atoms with E-state index in [1.165, 1.54) is 18.2 Å². The van der Waals surface area contributed by atoms with Gasteiger partial charge in [-0.1, -0.05) is 23.4 Å². The van der Waals surface area contributed by atoms with E-state index in [2.05, 4.69) is 22.4 Å². The molecule has 1 amide bonds. The number of amides is 1. The second kappa shape index (κ2) is 7.31. The van der Waals surface area contributed by atoms with Crippen molar-refractivity contribution in [1.29, 1.82) is 0 Å². The minimum absolute atomic E-state index is 0.146. The van der Waals surface area contributed by atoms with Gasteiger partial charge in [-0.2, -0.15) is 4.68 Å². The Balaban J connectivity index is 1.66. The standard InChI is InChI=1S/C15H18ClN5OS/c1-11-4-2-3-9-20(11)14(22)10-23-15-17-18-19-21(15)13-7-5-12(16)6-8-13/h5-8,11H,2-4,9-10H2,1H3. The Labute approximate surface area is 144 Å². The highest BCUT2D eigenvalue weighted by molar-refractivity contribution is 7.99. The highest BCUT2D eigenvalue weighted by Crippen LogP contribution is 2.22. The lowest BCUT2D eigenvalue weighted by Gasteiger charge is -2.33. The van der Waals surface area contributed by atoms with Crippen LogP contribution in [-0.4, -0.2) is 49.4 Å². The van der Waals surface area contributed by atoms with Crippen molar-refractivity contribution >= 4 is 29.3 Å². The highest BCUT2D eigenvalue weighted by atomic mass is 35.5. The monoisotopic (exact) mass is 351 g/mol. The zero-order chi connectivity index (χ0) is 16.2. The molecule has 122 valence electrons. The summed E-state index contributed by atoms with van der Waals surface area (Å²) < 4.78 is 1.62. The normalized spacial score (nSPS) is 18.2. The molecule has 0 aliphatic carbocycles. The van der Waals surface area contributed by atoms with Gasteiger partial charge in [0.15, 0.2) is 0 Å². The highest BCUT2D eigenvalue weighted by Gasteiger charge is 2.23. The molecule has 6 nitrogen and oxygen atoms in total. The van der Waals surface area contributed by atoms with Crippen LogP contribution in [-0.2, 0) is 4.79 Å². The van der Waals surface area contributed by atoms with Gasteiger partial charge in [0, 0.05) is 17.6 Å². The van der Waals surface area contributed by atoms with Crippen LogP contribution < -0.4 is 0 Å². The molecule has 1 aromatic carbocycles. The lowest BCUT2D eigenvalue weighted by Crippen LogP contribution is -2.42. The topological polar surface area (TPSA) is 63.9 Å². The maximum Gasteiger partial charge on any atom is 0.233 e. The predicted molar refractivity (Wildman–Crippen MR) is 89.9 cm³/mol. The molecular weight excluding hydrogens is 334 g/mol. The van der Waals surface area contributed by atoms with Crippen LogP contribution in [0.5, 0.6) is 0 Å². The van der Waals surface area contributed by atoms with Crippen molar-refractivity contribution in [3.63, 3.8) is 0 Å². The van der Waals surface area contributed by atoms with Crippen LogP contribution in [0, 0.1) is 0 Å². The molecule has 0 radical (unpaired) electrons. The van der Waals surface area contributed by atoms with Gasteiger partial charge in [-0.15, -0.1) is 5.10 Å². The average Bonchev–Trinajstić information content (AvgIpc) is 3.02. The molecular formula is C15H18ClN5OS. The quantitative estimate of drug-likeness (QED) is 0.792. The third-order valence-corrected chi connectivity index (χ3v) is 5.12. The number of aromatic nitrogens is 4. The fraction of sp³-hybridized carbons (Fsp3) is 0.467. The molecule has 1 atom stereocenters. The number of thioether (sulfide) groups is 1. The van der Waals surface area contributed by atoms with Gasteiger partial charge in [-0.05, 0) is 60.9 Å². The van der Waals surface area contributed by atoms with E-state index < -0.39 is 0 Å². The van der Waals surface area contributed by atoms with Crippen LogP contribution in [0.1, 0.15) is 26.2 Å². The van der Waals surface area contributed by atoms with Gasteiger partial charge >= 0.3 is 0 Å². The summed E-state index contributed by atoms with van der Waals surface area (Å²) in [6.45, 7) is 2.96. The molecule has 0 bridgehead atoms. The van der Waals surface area contributed by atoms with Crippen LogP contribution in [0.4, 0.5) is 0 Å². The maximum absolute atomic E-state index is 12.4. The molecule has 2 aromatic rings. The van der Waals surface area contributed by atoms with Crippen LogP contribution in [0.25, 0.3) is 5.69 Å². The number of carbonyl (C=O) groups excluding carboxylic acids is 1. The molecule has 23 heavy (non-hydrogen) atoms. The first-order valence-electron chi connectivity index (χ1n) is 7.62. The van der Waals surface area contributed by atoms with Crippen molar-refractivity contribution < 1.29 is 4.79 Å². The van der Waals surface area contributed by atoms with E-state index in [9.17, 15) is 4.79 Å². The number of benzene rings is 1. The zero-order valence-corrected chi connectivity index (χ0v) is 14.4. The molecule has 1 unspecified atom stereocenters. The Bertz CT molecular complexity index is 675. The summed E-state index contributed by atoms with van der Waals surface area (Å²) in [6.07, 6.45) is 3.37. The van der Waals surface area contributed by atoms with Crippen LogP contribution in [0.15, 0.2) is 29.4 Å². The molecule has 2 heterocycles. The third kappa shape index (κ3) is 3.84. The molecule has 8 heteroatoms. The molecule has 0 N–H and O–H groups in total. The summed E-state index contributed by atoms with van der Waals surface area (Å²) >= 11 is 7.26. The van der Waals surface area contributed by atoms with Gasteiger partial charge in [0.05, 0.1) is 11.4 Å². The predicted octanol–water partition coefficient (Wildman–Crippen LogP) is 2.81. The number of carbonyl (C=O) groups is 1. The maximum atomic E-state index is 12.4. The summed E-state index contributed by atoms with van der Waals surface area (Å²) in [5.74, 6) is 0.492. The van der Waals surface area contributed by atoms with E-state index in [0.717, 1.165) is 25.1 Å². The van der Waals surface area contributed by atoms with E-state index in [1.54, 1.807) is 16.8 Å². The van der Waals surface area contributed by atoms with Gasteiger partial charge < -0.3 is 4.90 Å². The molecule has 1 saturated heterocycles. The second-order valence-corrected chi connectivity index (χ2v) is 6.95. The first-order chi connectivity index (χ1) is 11.1. The van der Waals surface area contributed by atoms with E-state index in [1.807, 2.05) is 17.0 Å². The summed E-state index contributed by atoms with van der Waals surface area (Å²) in [6, 6.07) is 7.58. The van der Waals surface area contributed by atoms with Crippen LogP contribution in [0.2, 0.25) is 5.02 Å². The average molecular weight is 352 g/mol. The largest absolute Gasteiger partial charge is 0.339 e. The van der Waals surface area contributed by atoms with Gasteiger partial charge in [-0.25, -0.2) is 0 Å². The first kappa shape index (κ1) is 16.3. The van der Waals surface area contributed by atoms with Crippen molar-refractivity contribution in [3.8, 4) is 5.69 Å². The number of hydrogen-bond acceptors (Lipinski definition) is 5. The Morgan fingerprint density at radius 2 is 2.13 bits per heavy atom. The van der Waals surface area contributed by atoms with Gasteiger partial charge in [0.1, 0.15) is 0 Å². The number of hydrogen-bond donors (Lipinski definition) is 0. The van der Waals surface area contributed by atoms with Crippen molar-refractivity contribution in [2.45, 2.75) is 37.4 Å². The first-order valence-corrected chi connectivity index (χ1v) is 8.98. The number of nitrogens with zero attached hydrogens (tertiary/aromatic N) is 5. The summed E-state index contributed by atoms with van der Waals surface area (Å²) in [4.78, 5) is 14.4. The Kier molecular flexibility index (Phi) is 5.17. The van der Waals surface area contributed by atoms with Crippen molar-refractivity contribution in [1.82, 2.24) is 25.1 Å². The van der Waals surface area contributed by atoms with E-state index in [-0.39, 0.29) is 5.91 Å². The Morgan fingerprint density at radius 1 is 1.35 bits per heavy atom. The second-order valence-electron chi connectivity index (χ2n) is 5.57. The minimum Gasteiger partial charge on any atom is -0.339 e. The molecule has 0 saturated carbocycles. The van der Waals surface area contributed by atoms with E-state index >= 15 is 0 Å². The smallest absolute Gasteiger partial charge is 0.233 e. The van der Waals surface area contributed by atoms with E-state index in [4.69, 9.17) is 11.6 Å². The van der Waals surface area contributed by atoms with Gasteiger partial charge in [0.2, 0.25) is 11.1 Å². The SMILES string of the molecule is CC1CCCCN1C(=O)CSc1nnnn1-c1ccc(Cl)cc1. The number of likely N-dealkylation sites (tertiary alicyclic amines) is 1. The zero-order valence-electron chi connectivity index (χ0n) is 12.9. The fourth-order valence-electron chi connectivity index (χ4n) is 2.69. The fourth-order valence-corrected chi connectivity index (χ4v) is 3.59. The van der Waals surface area contributed by atoms with Crippen molar-refractivity contribution in [2.75, 3.05) is 12.3 Å². The number of rotatable bonds is 4. The lowest BCUT2D eigenvalue weighted by molar-refractivity contribution is -0.131. The summed E-state index contributed by atoms with van der Waals surface area (Å²) in [5.41, 5.74) is 0.820. The molecule has 1 fully saturated rings. The molecule has 1 aliphatic rings. The molecule has 3 rings (SSSR count). The lowest BCUT2D eigenvalue weighted by atomic mass is 10.0. The van der Waals surface area contributed by atoms with Crippen LogP contribution in [0.3, 0.4) is 0 Å². The molecule has 1 aliphatic heterocycles. The van der Waals surface area contributed by atoms with Gasteiger partial charge in [-0.3, -0.25) is 4.79 Å². The number of tetrazole rings is 1. The summed E-state index contributed by atoms with van der Waals surface area (Å²) in [5, 5.41) is 13.0. The summed E-state index contributed by atoms with van der Waals surface area (Å²) in [7, 11) is 0. The third-order valence-electron chi connectivity index (χ3n) is 3.96. The van der Waals surface area contributed by atoms with Crippen molar-refractivity contribution in [3.05, 3.63) is 29.3 Å². The van der Waals surface area contributed by atoms with E-state index in [0.29, 0.717) is 22.0 Å². The number of halogens is 1. The van der Waals surface area contributed by atoms with Crippen LogP contribution >= 0.6 is 23.4 Å². The van der Waals surface area contributed by atoms with Gasteiger partial charge in [0.25, 0.3) is 0 Å². The Morgan fingerprint density at radius 3 is 2.87 bits per heavy atom.